The van der Waals surface area contributed by atoms with Crippen molar-refractivity contribution in [1.82, 2.24) is 0 Å². The fourth-order valence-electron chi connectivity index (χ4n) is 2.29. The van der Waals surface area contributed by atoms with E-state index in [4.69, 9.17) is 23.2 Å². The zero-order valence-electron chi connectivity index (χ0n) is 10.6. The van der Waals surface area contributed by atoms with Gasteiger partial charge in [0.2, 0.25) is 0 Å². The maximum Gasteiger partial charge on any atom is 0.0294 e. The van der Waals surface area contributed by atoms with Crippen LogP contribution in [0.3, 0.4) is 0 Å². The molecule has 2 aromatic carbocycles. The Balaban J connectivity index is 2.42. The summed E-state index contributed by atoms with van der Waals surface area (Å²) in [6.07, 6.45) is 1.95. The predicted molar refractivity (Wildman–Crippen MR) is 81.8 cm³/mol. The molecule has 0 nitrogen and oxygen atoms in total. The lowest BCUT2D eigenvalue weighted by Crippen LogP contribution is -2.27. The summed E-state index contributed by atoms with van der Waals surface area (Å²) in [7, 11) is 0. The first-order chi connectivity index (χ1) is 8.74. The predicted octanol–water partition coefficient (Wildman–Crippen LogP) is 5.26. The molecular formula is C16H18Cl2. The Hall–Kier alpha value is -0.720. The van der Waals surface area contributed by atoms with Gasteiger partial charge in [0.25, 0.3) is 0 Å². The molecule has 96 valence electrons. The van der Waals surface area contributed by atoms with E-state index in [1.807, 2.05) is 0 Å². The molecule has 0 spiro atoms. The van der Waals surface area contributed by atoms with Gasteiger partial charge in [0.05, 0.1) is 0 Å². The van der Waals surface area contributed by atoms with Crippen molar-refractivity contribution in [2.45, 2.75) is 19.8 Å². The summed E-state index contributed by atoms with van der Waals surface area (Å²) in [6, 6.07) is 14.9. The maximum atomic E-state index is 6.14. The van der Waals surface area contributed by atoms with Gasteiger partial charge in [0.15, 0.2) is 0 Å². The summed E-state index contributed by atoms with van der Waals surface area (Å²) in [5, 5.41) is 2.59. The minimum absolute atomic E-state index is 0.00718. The van der Waals surface area contributed by atoms with E-state index in [0.717, 1.165) is 12.8 Å². The van der Waals surface area contributed by atoms with Gasteiger partial charge in [-0.25, -0.2) is 0 Å². The molecule has 0 radical (unpaired) electrons. The second kappa shape index (κ2) is 5.95. The molecule has 0 saturated carbocycles. The van der Waals surface area contributed by atoms with Crippen LogP contribution in [0.4, 0.5) is 0 Å². The van der Waals surface area contributed by atoms with Crippen molar-refractivity contribution in [1.29, 1.82) is 0 Å². The van der Waals surface area contributed by atoms with Crippen LogP contribution in [0.15, 0.2) is 42.5 Å². The molecule has 0 heterocycles. The second-order valence-corrected chi connectivity index (χ2v) is 5.47. The Morgan fingerprint density at radius 2 is 1.61 bits per heavy atom. The van der Waals surface area contributed by atoms with Gasteiger partial charge in [0.1, 0.15) is 0 Å². The van der Waals surface area contributed by atoms with Crippen LogP contribution in [0.1, 0.15) is 18.9 Å². The molecule has 0 fully saturated rings. The van der Waals surface area contributed by atoms with Crippen molar-refractivity contribution < 1.29 is 0 Å². The Kier molecular flexibility index (Phi) is 4.53. The van der Waals surface area contributed by atoms with Gasteiger partial charge in [-0.1, -0.05) is 49.4 Å². The van der Waals surface area contributed by atoms with Crippen LogP contribution in [-0.2, 0) is 6.42 Å². The summed E-state index contributed by atoms with van der Waals surface area (Å²) in [4.78, 5) is 0. The van der Waals surface area contributed by atoms with Gasteiger partial charge in [-0.05, 0) is 29.2 Å². The van der Waals surface area contributed by atoms with Crippen LogP contribution in [-0.4, -0.2) is 11.8 Å². The number of benzene rings is 2. The first-order valence-corrected chi connectivity index (χ1v) is 7.40. The summed E-state index contributed by atoms with van der Waals surface area (Å²) in [6.45, 7) is 2.16. The molecule has 0 N–H and O–H groups in total. The molecule has 0 aromatic heterocycles. The van der Waals surface area contributed by atoms with E-state index in [1.165, 1.54) is 16.3 Å². The average molecular weight is 281 g/mol. The zero-order chi connectivity index (χ0) is 13.0. The number of fused-ring (bicyclic) bond motifs is 1. The number of hydrogen-bond acceptors (Lipinski definition) is 0. The summed E-state index contributed by atoms with van der Waals surface area (Å²) >= 11 is 12.3. The lowest BCUT2D eigenvalue weighted by atomic mass is 9.81. The van der Waals surface area contributed by atoms with Crippen LogP contribution in [0.25, 0.3) is 10.8 Å². The first-order valence-electron chi connectivity index (χ1n) is 6.33. The topological polar surface area (TPSA) is 0 Å². The zero-order valence-corrected chi connectivity index (χ0v) is 12.1. The Labute approximate surface area is 119 Å². The Morgan fingerprint density at radius 1 is 0.944 bits per heavy atom. The molecule has 2 heteroatoms. The van der Waals surface area contributed by atoms with Crippen molar-refractivity contribution >= 4 is 34.0 Å². The molecule has 0 aliphatic carbocycles. The van der Waals surface area contributed by atoms with Gasteiger partial charge < -0.3 is 0 Å². The second-order valence-electron chi connectivity index (χ2n) is 4.94. The lowest BCUT2D eigenvalue weighted by Gasteiger charge is -2.28. The number of hydrogen-bond donors (Lipinski definition) is 0. The van der Waals surface area contributed by atoms with Gasteiger partial charge in [0, 0.05) is 17.2 Å². The van der Waals surface area contributed by atoms with E-state index in [-0.39, 0.29) is 5.41 Å². The van der Waals surface area contributed by atoms with Crippen molar-refractivity contribution in [2.75, 3.05) is 11.8 Å². The highest BCUT2D eigenvalue weighted by Gasteiger charge is 2.27. The Bertz CT molecular complexity index is 502. The van der Waals surface area contributed by atoms with Crippen molar-refractivity contribution in [2.24, 2.45) is 5.41 Å². The standard InChI is InChI=1S/C16H18Cl2/c1-2-16(11-17,12-18)10-14-8-5-7-13-6-3-4-9-15(13)14/h3-9H,2,10-12H2,1H3. The van der Waals surface area contributed by atoms with E-state index < -0.39 is 0 Å². The normalized spacial score (nSPS) is 11.9. The monoisotopic (exact) mass is 280 g/mol. The van der Waals surface area contributed by atoms with Crippen LogP contribution < -0.4 is 0 Å². The third-order valence-electron chi connectivity index (χ3n) is 3.76. The number of rotatable bonds is 5. The summed E-state index contributed by atoms with van der Waals surface area (Å²) < 4.78 is 0. The molecule has 0 bridgehead atoms. The highest BCUT2D eigenvalue weighted by atomic mass is 35.5. The SMILES string of the molecule is CCC(CCl)(CCl)Cc1cccc2ccccc12. The molecule has 2 aromatic rings. The molecule has 18 heavy (non-hydrogen) atoms. The van der Waals surface area contributed by atoms with E-state index in [2.05, 4.69) is 49.4 Å². The average Bonchev–Trinajstić information content (AvgIpc) is 2.45. The third kappa shape index (κ3) is 2.65. The van der Waals surface area contributed by atoms with Gasteiger partial charge in [-0.3, -0.25) is 0 Å². The van der Waals surface area contributed by atoms with Crippen LogP contribution >= 0.6 is 23.2 Å². The molecule has 2 rings (SSSR count). The molecule has 0 amide bonds. The molecular weight excluding hydrogens is 263 g/mol. The van der Waals surface area contributed by atoms with Crippen LogP contribution in [0, 0.1) is 5.41 Å². The highest BCUT2D eigenvalue weighted by molar-refractivity contribution is 6.21. The van der Waals surface area contributed by atoms with E-state index in [0.29, 0.717) is 11.8 Å². The minimum atomic E-state index is 0.00718. The fraction of sp³-hybridized carbons (Fsp3) is 0.375. The van der Waals surface area contributed by atoms with Gasteiger partial charge in [-0.15, -0.1) is 23.2 Å². The molecule has 0 aliphatic rings. The molecule has 0 unspecified atom stereocenters. The number of alkyl halides is 2. The molecule has 0 aliphatic heterocycles. The largest absolute Gasteiger partial charge is 0.126 e. The van der Waals surface area contributed by atoms with E-state index >= 15 is 0 Å². The van der Waals surface area contributed by atoms with Crippen molar-refractivity contribution in [3.05, 3.63) is 48.0 Å². The Morgan fingerprint density at radius 3 is 2.28 bits per heavy atom. The summed E-state index contributed by atoms with van der Waals surface area (Å²) in [5.74, 6) is 1.21. The van der Waals surface area contributed by atoms with E-state index in [9.17, 15) is 0 Å². The third-order valence-corrected chi connectivity index (χ3v) is 4.90. The summed E-state index contributed by atoms with van der Waals surface area (Å²) in [5.41, 5.74) is 1.35. The van der Waals surface area contributed by atoms with Gasteiger partial charge >= 0.3 is 0 Å². The molecule has 0 atom stereocenters. The van der Waals surface area contributed by atoms with E-state index in [1.54, 1.807) is 0 Å². The maximum absolute atomic E-state index is 6.14. The lowest BCUT2D eigenvalue weighted by molar-refractivity contribution is 0.363. The van der Waals surface area contributed by atoms with Crippen LogP contribution in [0.5, 0.6) is 0 Å². The first kappa shape index (κ1) is 13.7. The van der Waals surface area contributed by atoms with Gasteiger partial charge in [-0.2, -0.15) is 0 Å². The van der Waals surface area contributed by atoms with Crippen molar-refractivity contribution in [3.63, 3.8) is 0 Å². The molecule has 0 saturated heterocycles. The smallest absolute Gasteiger partial charge is 0.0294 e. The van der Waals surface area contributed by atoms with Crippen LogP contribution in [0.2, 0.25) is 0 Å². The quantitative estimate of drug-likeness (QED) is 0.656. The van der Waals surface area contributed by atoms with Crippen molar-refractivity contribution in [3.8, 4) is 0 Å². The highest BCUT2D eigenvalue weighted by Crippen LogP contribution is 2.32. The minimum Gasteiger partial charge on any atom is -0.126 e. The fourth-order valence-corrected chi connectivity index (χ4v) is 3.15. The number of halogens is 2.